The van der Waals surface area contributed by atoms with Gasteiger partial charge in [0.1, 0.15) is 5.82 Å². The van der Waals surface area contributed by atoms with Crippen LogP contribution in [0.5, 0.6) is 0 Å². The Labute approximate surface area is 123 Å². The van der Waals surface area contributed by atoms with Crippen LogP contribution in [-0.4, -0.2) is 0 Å². The molecule has 0 heterocycles. The first kappa shape index (κ1) is 15.5. The van der Waals surface area contributed by atoms with Crippen molar-refractivity contribution >= 4 is 0 Å². The highest BCUT2D eigenvalue weighted by Gasteiger charge is 2.25. The molecule has 2 rings (SSSR count). The van der Waals surface area contributed by atoms with Crippen LogP contribution >= 0.6 is 0 Å². The van der Waals surface area contributed by atoms with E-state index in [0.29, 0.717) is 5.92 Å². The largest absolute Gasteiger partial charge is 0.206 e. The molecule has 0 saturated heterocycles. The van der Waals surface area contributed by atoms with E-state index >= 15 is 0 Å². The van der Waals surface area contributed by atoms with Crippen molar-refractivity contribution in [3.05, 3.63) is 35.6 Å². The molecule has 111 valence electrons. The molecule has 1 radical (unpaired) electrons. The molecule has 0 N–H and O–H groups in total. The molecule has 1 fully saturated rings. The topological polar surface area (TPSA) is 0 Å². The van der Waals surface area contributed by atoms with Gasteiger partial charge in [0.05, 0.1) is 0 Å². The number of rotatable bonds is 6. The molecule has 0 spiro atoms. The van der Waals surface area contributed by atoms with E-state index in [1.54, 1.807) is 12.1 Å². The monoisotopic (exact) mass is 275 g/mol. The Morgan fingerprint density at radius 3 is 2.65 bits per heavy atom. The van der Waals surface area contributed by atoms with E-state index in [2.05, 4.69) is 19.9 Å². The van der Waals surface area contributed by atoms with Gasteiger partial charge >= 0.3 is 0 Å². The zero-order chi connectivity index (χ0) is 14.4. The zero-order valence-corrected chi connectivity index (χ0v) is 13.0. The maximum Gasteiger partial charge on any atom is 0.131 e. The van der Waals surface area contributed by atoms with Gasteiger partial charge in [-0.15, -0.1) is 0 Å². The SMILES string of the molecule is CCCCCC1CCC(C(C)c2cc[c]c(F)c2)CC1. The van der Waals surface area contributed by atoms with Crippen LogP contribution in [0.2, 0.25) is 0 Å². The quantitative estimate of drug-likeness (QED) is 0.549. The Morgan fingerprint density at radius 1 is 1.25 bits per heavy atom. The fourth-order valence-electron chi connectivity index (χ4n) is 3.67. The molecule has 1 aliphatic rings. The molecule has 1 aliphatic carbocycles. The van der Waals surface area contributed by atoms with Crippen molar-refractivity contribution in [2.45, 2.75) is 71.1 Å². The van der Waals surface area contributed by atoms with E-state index in [1.165, 1.54) is 51.4 Å². The molecule has 20 heavy (non-hydrogen) atoms. The van der Waals surface area contributed by atoms with E-state index in [9.17, 15) is 4.39 Å². The molecular weight excluding hydrogens is 247 g/mol. The van der Waals surface area contributed by atoms with Crippen molar-refractivity contribution in [3.63, 3.8) is 0 Å². The molecule has 0 aliphatic heterocycles. The van der Waals surface area contributed by atoms with E-state index in [1.807, 2.05) is 6.07 Å². The maximum atomic E-state index is 13.3. The summed E-state index contributed by atoms with van der Waals surface area (Å²) >= 11 is 0. The molecule has 0 nitrogen and oxygen atoms in total. The van der Waals surface area contributed by atoms with Crippen LogP contribution in [0.3, 0.4) is 0 Å². The Kier molecular flexibility index (Phi) is 6.06. The number of halogens is 1. The third-order valence-electron chi connectivity index (χ3n) is 5.13. The minimum absolute atomic E-state index is 0.220. The summed E-state index contributed by atoms with van der Waals surface area (Å²) in [5.74, 6) is 1.95. The summed E-state index contributed by atoms with van der Waals surface area (Å²) in [6, 6.07) is 8.01. The molecule has 1 saturated carbocycles. The van der Waals surface area contributed by atoms with Crippen molar-refractivity contribution in [3.8, 4) is 0 Å². The van der Waals surface area contributed by atoms with Gasteiger partial charge in [0, 0.05) is 6.07 Å². The van der Waals surface area contributed by atoms with Crippen LogP contribution in [0.15, 0.2) is 18.2 Å². The van der Waals surface area contributed by atoms with Crippen LogP contribution in [0.4, 0.5) is 4.39 Å². The molecular formula is C19H28F. The highest BCUT2D eigenvalue weighted by atomic mass is 19.1. The first-order valence-electron chi connectivity index (χ1n) is 8.37. The van der Waals surface area contributed by atoms with E-state index in [4.69, 9.17) is 0 Å². The molecule has 0 aromatic heterocycles. The third kappa shape index (κ3) is 4.33. The molecule has 0 bridgehead atoms. The first-order valence-corrected chi connectivity index (χ1v) is 8.37. The Hall–Kier alpha value is -0.850. The van der Waals surface area contributed by atoms with Crippen LogP contribution in [0.1, 0.15) is 76.7 Å². The fourth-order valence-corrected chi connectivity index (χ4v) is 3.67. The summed E-state index contributed by atoms with van der Waals surface area (Å²) in [4.78, 5) is 0. The van der Waals surface area contributed by atoms with Crippen molar-refractivity contribution in [1.82, 2.24) is 0 Å². The standard InChI is InChI=1S/C19H28F/c1-3-4-5-7-16-10-12-17(13-11-16)15(2)18-8-6-9-19(20)14-18/h6,8,14-17H,3-5,7,10-13H2,1-2H3. The normalized spacial score (nSPS) is 24.6. The molecule has 1 atom stereocenters. The van der Waals surface area contributed by atoms with Gasteiger partial charge in [-0.05, 0) is 42.2 Å². The summed E-state index contributed by atoms with van der Waals surface area (Å²) in [5.41, 5.74) is 1.15. The first-order chi connectivity index (χ1) is 9.70. The number of unbranched alkanes of at least 4 members (excludes halogenated alkanes) is 2. The average molecular weight is 275 g/mol. The minimum Gasteiger partial charge on any atom is -0.206 e. The van der Waals surface area contributed by atoms with Crippen LogP contribution < -0.4 is 0 Å². The van der Waals surface area contributed by atoms with Crippen LogP contribution in [-0.2, 0) is 0 Å². The lowest BCUT2D eigenvalue weighted by atomic mass is 9.73. The number of hydrogen-bond donors (Lipinski definition) is 0. The fraction of sp³-hybridized carbons (Fsp3) is 0.684. The smallest absolute Gasteiger partial charge is 0.131 e. The third-order valence-corrected chi connectivity index (χ3v) is 5.13. The zero-order valence-electron chi connectivity index (χ0n) is 13.0. The summed E-state index contributed by atoms with van der Waals surface area (Å²) in [5, 5.41) is 0. The average Bonchev–Trinajstić information content (AvgIpc) is 2.47. The lowest BCUT2D eigenvalue weighted by Gasteiger charge is -2.32. The predicted octanol–water partition coefficient (Wildman–Crippen LogP) is 6.12. The van der Waals surface area contributed by atoms with E-state index in [0.717, 1.165) is 17.4 Å². The lowest BCUT2D eigenvalue weighted by Crippen LogP contribution is -2.19. The molecule has 1 heteroatoms. The second-order valence-corrected chi connectivity index (χ2v) is 6.54. The van der Waals surface area contributed by atoms with Crippen molar-refractivity contribution < 1.29 is 4.39 Å². The number of hydrogen-bond acceptors (Lipinski definition) is 0. The summed E-state index contributed by atoms with van der Waals surface area (Å²) in [7, 11) is 0. The lowest BCUT2D eigenvalue weighted by molar-refractivity contribution is 0.236. The Morgan fingerprint density at radius 2 is 2.00 bits per heavy atom. The van der Waals surface area contributed by atoms with Crippen LogP contribution in [0, 0.1) is 23.7 Å². The highest BCUT2D eigenvalue weighted by Crippen LogP contribution is 2.39. The molecule has 1 aromatic carbocycles. The van der Waals surface area contributed by atoms with Gasteiger partial charge in [-0.1, -0.05) is 64.5 Å². The summed E-state index contributed by atoms with van der Waals surface area (Å²) in [6.07, 6.45) is 10.9. The van der Waals surface area contributed by atoms with Crippen molar-refractivity contribution in [2.75, 3.05) is 0 Å². The van der Waals surface area contributed by atoms with Crippen molar-refractivity contribution in [1.29, 1.82) is 0 Å². The van der Waals surface area contributed by atoms with Gasteiger partial charge < -0.3 is 0 Å². The Balaban J connectivity index is 1.81. The van der Waals surface area contributed by atoms with Gasteiger partial charge in [-0.25, -0.2) is 4.39 Å². The highest BCUT2D eigenvalue weighted by molar-refractivity contribution is 5.20. The van der Waals surface area contributed by atoms with Gasteiger partial charge in [-0.2, -0.15) is 0 Å². The molecule has 0 amide bonds. The van der Waals surface area contributed by atoms with Crippen LogP contribution in [0.25, 0.3) is 0 Å². The molecule has 1 aromatic rings. The predicted molar refractivity (Wildman–Crippen MR) is 83.2 cm³/mol. The van der Waals surface area contributed by atoms with Gasteiger partial charge in [0.15, 0.2) is 0 Å². The maximum absolute atomic E-state index is 13.3. The van der Waals surface area contributed by atoms with Crippen molar-refractivity contribution in [2.24, 2.45) is 11.8 Å². The summed E-state index contributed by atoms with van der Waals surface area (Å²) < 4.78 is 13.3. The van der Waals surface area contributed by atoms with E-state index < -0.39 is 0 Å². The Bertz CT molecular complexity index is 391. The minimum atomic E-state index is -0.220. The van der Waals surface area contributed by atoms with Gasteiger partial charge in [0.2, 0.25) is 0 Å². The second kappa shape index (κ2) is 7.81. The number of benzene rings is 1. The van der Waals surface area contributed by atoms with Gasteiger partial charge in [0.25, 0.3) is 0 Å². The molecule has 1 unspecified atom stereocenters. The second-order valence-electron chi connectivity index (χ2n) is 6.54. The summed E-state index contributed by atoms with van der Waals surface area (Å²) in [6.45, 7) is 4.53. The van der Waals surface area contributed by atoms with Gasteiger partial charge in [-0.3, -0.25) is 0 Å². The van der Waals surface area contributed by atoms with E-state index in [-0.39, 0.29) is 5.82 Å².